The van der Waals surface area contributed by atoms with Crippen LogP contribution in [0.3, 0.4) is 0 Å². The molecule has 0 amide bonds. The lowest BCUT2D eigenvalue weighted by Crippen LogP contribution is -1.85. The van der Waals surface area contributed by atoms with Gasteiger partial charge in [0.15, 0.2) is 0 Å². The molecule has 0 atom stereocenters. The molecular formula is C5H3N2. The van der Waals surface area contributed by atoms with Crippen molar-refractivity contribution >= 4 is 0 Å². The number of hydrogen-bond acceptors (Lipinski definition) is 1. The zero-order valence-electron chi connectivity index (χ0n) is 3.63. The molecule has 0 saturated carbocycles. The first kappa shape index (κ1) is 3.94. The second-order valence-corrected chi connectivity index (χ2v) is 1.13. The Morgan fingerprint density at radius 2 is 2.57 bits per heavy atom. The average molecular weight is 91.1 g/mol. The van der Waals surface area contributed by atoms with Crippen LogP contribution < -0.4 is 5.32 Å². The highest BCUT2D eigenvalue weighted by atomic mass is 14.9. The van der Waals surface area contributed by atoms with Crippen molar-refractivity contribution in [3.8, 4) is 6.07 Å². The van der Waals surface area contributed by atoms with Crippen LogP contribution in [0, 0.1) is 11.3 Å². The van der Waals surface area contributed by atoms with Crippen LogP contribution in [0.15, 0.2) is 24.0 Å². The summed E-state index contributed by atoms with van der Waals surface area (Å²) in [6, 6.07) is 1.90. The molecule has 2 heteroatoms. The molecule has 0 aliphatic carbocycles. The van der Waals surface area contributed by atoms with Crippen LogP contribution in [0.1, 0.15) is 0 Å². The predicted octanol–water partition coefficient (Wildman–Crippen LogP) is 0.526. The normalized spacial score (nSPS) is 15.0. The van der Waals surface area contributed by atoms with E-state index in [2.05, 4.69) is 5.32 Å². The van der Waals surface area contributed by atoms with Crippen LogP contribution in [0.5, 0.6) is 0 Å². The van der Waals surface area contributed by atoms with Gasteiger partial charge in [-0.15, -0.1) is 0 Å². The van der Waals surface area contributed by atoms with Crippen molar-refractivity contribution in [2.24, 2.45) is 0 Å². The van der Waals surface area contributed by atoms with Gasteiger partial charge in [0.1, 0.15) is 11.8 Å². The molecule has 0 fully saturated rings. The third-order valence-corrected chi connectivity index (χ3v) is 0.668. The molecule has 1 heterocycles. The van der Waals surface area contributed by atoms with Gasteiger partial charge in [0, 0.05) is 6.20 Å². The maximum Gasteiger partial charge on any atom is 0.140 e. The van der Waals surface area contributed by atoms with Gasteiger partial charge in [-0.25, -0.2) is 5.32 Å². The fourth-order valence-corrected chi connectivity index (χ4v) is 0.367. The first-order chi connectivity index (χ1) is 3.43. The molecule has 2 nitrogen and oxygen atoms in total. The van der Waals surface area contributed by atoms with Crippen molar-refractivity contribution in [2.75, 3.05) is 0 Å². The van der Waals surface area contributed by atoms with Gasteiger partial charge in [0.05, 0.1) is 0 Å². The highest BCUT2D eigenvalue weighted by molar-refractivity contribution is 5.29. The van der Waals surface area contributed by atoms with E-state index in [9.17, 15) is 0 Å². The lowest BCUT2D eigenvalue weighted by molar-refractivity contribution is 1.13. The molecule has 0 aromatic heterocycles. The summed E-state index contributed by atoms with van der Waals surface area (Å²) >= 11 is 0. The van der Waals surface area contributed by atoms with E-state index >= 15 is 0 Å². The molecule has 33 valence electrons. The lowest BCUT2D eigenvalue weighted by atomic mass is 10.5. The first-order valence-electron chi connectivity index (χ1n) is 1.91. The largest absolute Gasteiger partial charge is 0.246 e. The Morgan fingerprint density at radius 3 is 2.86 bits per heavy atom. The topological polar surface area (TPSA) is 37.9 Å². The molecule has 7 heavy (non-hydrogen) atoms. The van der Waals surface area contributed by atoms with Gasteiger partial charge >= 0.3 is 0 Å². The number of nitrogens with zero attached hydrogens (tertiary/aromatic N) is 2. The van der Waals surface area contributed by atoms with Gasteiger partial charge in [0.2, 0.25) is 0 Å². The van der Waals surface area contributed by atoms with Gasteiger partial charge in [0.25, 0.3) is 0 Å². The van der Waals surface area contributed by atoms with Gasteiger partial charge in [-0.1, -0.05) is 0 Å². The SMILES string of the molecule is N#CC1=CC=C[N]1. The molecule has 0 bridgehead atoms. The molecule has 0 unspecified atom stereocenters. The Hall–Kier alpha value is -1.23. The molecule has 0 saturated heterocycles. The van der Waals surface area contributed by atoms with E-state index in [1.165, 1.54) is 0 Å². The summed E-state index contributed by atoms with van der Waals surface area (Å²) in [7, 11) is 0. The van der Waals surface area contributed by atoms with Gasteiger partial charge in [-0.05, 0) is 12.2 Å². The molecule has 0 spiro atoms. The third kappa shape index (κ3) is 0.606. The zero-order valence-corrected chi connectivity index (χ0v) is 3.63. The maximum absolute atomic E-state index is 8.11. The van der Waals surface area contributed by atoms with E-state index in [1.807, 2.05) is 6.07 Å². The van der Waals surface area contributed by atoms with Crippen LogP contribution in [-0.2, 0) is 0 Å². The minimum Gasteiger partial charge on any atom is -0.246 e. The summed E-state index contributed by atoms with van der Waals surface area (Å²) in [5.41, 5.74) is 0.486. The van der Waals surface area contributed by atoms with Gasteiger partial charge in [-0.3, -0.25) is 0 Å². The molecule has 1 radical (unpaired) electrons. The minimum absolute atomic E-state index is 0.486. The van der Waals surface area contributed by atoms with Crippen LogP contribution in [0.4, 0.5) is 0 Å². The summed E-state index contributed by atoms with van der Waals surface area (Å²) in [6.45, 7) is 0. The Balaban J connectivity index is 2.67. The summed E-state index contributed by atoms with van der Waals surface area (Å²) in [5.74, 6) is 0. The second kappa shape index (κ2) is 1.48. The molecule has 0 N–H and O–H groups in total. The van der Waals surface area contributed by atoms with Crippen molar-refractivity contribution in [1.29, 1.82) is 5.26 Å². The van der Waals surface area contributed by atoms with Crippen LogP contribution >= 0.6 is 0 Å². The van der Waals surface area contributed by atoms with E-state index in [1.54, 1.807) is 18.4 Å². The Morgan fingerprint density at radius 1 is 1.71 bits per heavy atom. The van der Waals surface area contributed by atoms with Crippen molar-refractivity contribution < 1.29 is 0 Å². The lowest BCUT2D eigenvalue weighted by Gasteiger charge is -1.77. The average Bonchev–Trinajstić information content (AvgIpc) is 2.14. The Bertz CT molecular complexity index is 159. The number of hydrogen-bond donors (Lipinski definition) is 0. The zero-order chi connectivity index (χ0) is 5.11. The fourth-order valence-electron chi connectivity index (χ4n) is 0.367. The Kier molecular flexibility index (Phi) is 0.833. The van der Waals surface area contributed by atoms with E-state index < -0.39 is 0 Å². The second-order valence-electron chi connectivity index (χ2n) is 1.13. The van der Waals surface area contributed by atoms with E-state index in [0.717, 1.165) is 0 Å². The molecule has 0 aromatic carbocycles. The van der Waals surface area contributed by atoms with Crippen molar-refractivity contribution in [2.45, 2.75) is 0 Å². The smallest absolute Gasteiger partial charge is 0.140 e. The Labute approximate surface area is 41.8 Å². The molecule has 1 aliphatic heterocycles. The highest BCUT2D eigenvalue weighted by Crippen LogP contribution is 1.95. The predicted molar refractivity (Wildman–Crippen MR) is 25.0 cm³/mol. The van der Waals surface area contributed by atoms with Gasteiger partial charge < -0.3 is 0 Å². The summed E-state index contributed by atoms with van der Waals surface area (Å²) in [4.78, 5) is 0. The summed E-state index contributed by atoms with van der Waals surface area (Å²) < 4.78 is 0. The fraction of sp³-hybridized carbons (Fsp3) is 0. The first-order valence-corrected chi connectivity index (χ1v) is 1.91. The quantitative estimate of drug-likeness (QED) is 0.428. The monoisotopic (exact) mass is 91.0 g/mol. The van der Waals surface area contributed by atoms with Crippen LogP contribution in [0.2, 0.25) is 0 Å². The van der Waals surface area contributed by atoms with Gasteiger partial charge in [-0.2, -0.15) is 5.26 Å². The molecule has 1 rings (SSSR count). The number of rotatable bonds is 0. The molecule has 1 aliphatic rings. The van der Waals surface area contributed by atoms with E-state index in [0.29, 0.717) is 5.70 Å². The van der Waals surface area contributed by atoms with E-state index in [4.69, 9.17) is 5.26 Å². The van der Waals surface area contributed by atoms with Crippen molar-refractivity contribution in [1.82, 2.24) is 5.32 Å². The van der Waals surface area contributed by atoms with Crippen molar-refractivity contribution in [3.63, 3.8) is 0 Å². The minimum atomic E-state index is 0.486. The highest BCUT2D eigenvalue weighted by Gasteiger charge is 1.93. The van der Waals surface area contributed by atoms with Crippen molar-refractivity contribution in [3.05, 3.63) is 24.0 Å². The maximum atomic E-state index is 8.11. The summed E-state index contributed by atoms with van der Waals surface area (Å²) in [6.07, 6.45) is 5.00. The van der Waals surface area contributed by atoms with E-state index in [-0.39, 0.29) is 0 Å². The molecule has 0 aromatic rings. The number of nitriles is 1. The van der Waals surface area contributed by atoms with Crippen LogP contribution in [0.25, 0.3) is 0 Å². The summed E-state index contributed by atoms with van der Waals surface area (Å²) in [5, 5.41) is 11.8. The number of allylic oxidation sites excluding steroid dienone is 3. The molecular weight excluding hydrogens is 88.1 g/mol. The third-order valence-electron chi connectivity index (χ3n) is 0.668. The van der Waals surface area contributed by atoms with Crippen LogP contribution in [-0.4, -0.2) is 0 Å². The standard InChI is InChI=1S/C5H3N2/c6-4-5-2-1-3-7-5/h1-3H.